The van der Waals surface area contributed by atoms with Gasteiger partial charge in [0.15, 0.2) is 0 Å². The topological polar surface area (TPSA) is 106 Å². The second kappa shape index (κ2) is 9.08. The Hall–Kier alpha value is -3.54. The second-order valence-corrected chi connectivity index (χ2v) is 8.58. The minimum Gasteiger partial charge on any atom is -0.472 e. The fourth-order valence-corrected chi connectivity index (χ4v) is 3.36. The SMILES string of the molecule is CC(C)=CCOc1nc(-c2ccc(F)cc2)c(-c2ccc(S(N)(=O)=O)cc2)cc1C#N. The zero-order chi connectivity index (χ0) is 22.6. The van der Waals surface area contributed by atoms with Crippen molar-refractivity contribution in [3.05, 3.63) is 77.6 Å². The number of hydrogen-bond donors (Lipinski definition) is 1. The number of nitrogens with two attached hydrogens (primary N) is 1. The molecule has 1 heterocycles. The van der Waals surface area contributed by atoms with Crippen LogP contribution in [0.4, 0.5) is 4.39 Å². The van der Waals surface area contributed by atoms with E-state index in [0.29, 0.717) is 22.4 Å². The summed E-state index contributed by atoms with van der Waals surface area (Å²) in [5.74, 6) is -0.235. The normalized spacial score (nSPS) is 10.9. The van der Waals surface area contributed by atoms with Gasteiger partial charge in [-0.25, -0.2) is 22.9 Å². The number of hydrogen-bond acceptors (Lipinski definition) is 5. The van der Waals surface area contributed by atoms with Crippen molar-refractivity contribution in [2.75, 3.05) is 6.61 Å². The Labute approximate surface area is 180 Å². The summed E-state index contributed by atoms with van der Waals surface area (Å²) in [6.07, 6.45) is 1.86. The lowest BCUT2D eigenvalue weighted by molar-refractivity contribution is 0.347. The van der Waals surface area contributed by atoms with E-state index >= 15 is 0 Å². The monoisotopic (exact) mass is 437 g/mol. The van der Waals surface area contributed by atoms with Crippen LogP contribution in [-0.2, 0) is 10.0 Å². The van der Waals surface area contributed by atoms with E-state index in [4.69, 9.17) is 9.88 Å². The number of pyridine rings is 1. The van der Waals surface area contributed by atoms with Gasteiger partial charge >= 0.3 is 0 Å². The molecule has 8 heteroatoms. The molecule has 0 spiro atoms. The molecule has 6 nitrogen and oxygen atoms in total. The van der Waals surface area contributed by atoms with Crippen molar-refractivity contribution in [2.45, 2.75) is 18.7 Å². The first kappa shape index (κ1) is 22.2. The van der Waals surface area contributed by atoms with Crippen molar-refractivity contribution in [1.82, 2.24) is 4.98 Å². The summed E-state index contributed by atoms with van der Waals surface area (Å²) in [6.45, 7) is 4.11. The fraction of sp³-hybridized carbons (Fsp3) is 0.130. The van der Waals surface area contributed by atoms with Crippen molar-refractivity contribution < 1.29 is 17.5 Å². The highest BCUT2D eigenvalue weighted by Crippen LogP contribution is 2.35. The van der Waals surface area contributed by atoms with Crippen LogP contribution in [0.5, 0.6) is 5.88 Å². The van der Waals surface area contributed by atoms with E-state index in [-0.39, 0.29) is 22.9 Å². The van der Waals surface area contributed by atoms with Crippen LogP contribution in [0.1, 0.15) is 19.4 Å². The predicted octanol–water partition coefficient (Wildman–Crippen LogP) is 4.42. The number of benzene rings is 2. The molecule has 2 aromatic carbocycles. The Bertz CT molecular complexity index is 1270. The van der Waals surface area contributed by atoms with Gasteiger partial charge in [-0.15, -0.1) is 0 Å². The summed E-state index contributed by atoms with van der Waals surface area (Å²) in [5.41, 5.74) is 3.55. The minimum absolute atomic E-state index is 0.0327. The van der Waals surface area contributed by atoms with Gasteiger partial charge in [-0.05, 0) is 68.0 Å². The quantitative estimate of drug-likeness (QED) is 0.575. The van der Waals surface area contributed by atoms with E-state index in [9.17, 15) is 18.1 Å². The Balaban J connectivity index is 2.17. The van der Waals surface area contributed by atoms with Crippen molar-refractivity contribution in [3.63, 3.8) is 0 Å². The molecule has 0 aliphatic heterocycles. The predicted molar refractivity (Wildman–Crippen MR) is 116 cm³/mol. The van der Waals surface area contributed by atoms with E-state index < -0.39 is 15.8 Å². The lowest BCUT2D eigenvalue weighted by Crippen LogP contribution is -2.11. The summed E-state index contributed by atoms with van der Waals surface area (Å²) in [7, 11) is -3.84. The molecular formula is C23H20FN3O3S. The molecule has 0 saturated heterocycles. The summed E-state index contributed by atoms with van der Waals surface area (Å²) >= 11 is 0. The van der Waals surface area contributed by atoms with Gasteiger partial charge in [-0.1, -0.05) is 17.7 Å². The number of rotatable bonds is 6. The van der Waals surface area contributed by atoms with E-state index in [0.717, 1.165) is 5.57 Å². The molecule has 0 saturated carbocycles. The molecule has 0 bridgehead atoms. The van der Waals surface area contributed by atoms with Crippen LogP contribution in [0.3, 0.4) is 0 Å². The maximum absolute atomic E-state index is 13.5. The number of sulfonamides is 1. The van der Waals surface area contributed by atoms with Crippen molar-refractivity contribution in [2.24, 2.45) is 5.14 Å². The third kappa shape index (κ3) is 5.34. The summed E-state index contributed by atoms with van der Waals surface area (Å²) in [5, 5.41) is 14.8. The highest BCUT2D eigenvalue weighted by Gasteiger charge is 2.17. The zero-order valence-corrected chi connectivity index (χ0v) is 17.8. The van der Waals surface area contributed by atoms with E-state index in [2.05, 4.69) is 11.1 Å². The fourth-order valence-electron chi connectivity index (χ4n) is 2.85. The molecule has 2 N–H and O–H groups in total. The molecule has 158 valence electrons. The average Bonchev–Trinajstić information content (AvgIpc) is 2.73. The molecule has 0 amide bonds. The number of halogens is 1. The van der Waals surface area contributed by atoms with Gasteiger partial charge in [0, 0.05) is 11.1 Å². The summed E-state index contributed by atoms with van der Waals surface area (Å²) in [4.78, 5) is 4.52. The van der Waals surface area contributed by atoms with Gasteiger partial charge in [0.25, 0.3) is 0 Å². The van der Waals surface area contributed by atoms with Crippen LogP contribution in [0, 0.1) is 17.1 Å². The first-order chi connectivity index (χ1) is 14.7. The standard InChI is InChI=1S/C23H20FN3O3S/c1-15(2)11-12-30-23-18(14-25)13-21(16-5-9-20(10-6-16)31(26,28)29)22(27-23)17-3-7-19(24)8-4-17/h3-11,13H,12H2,1-2H3,(H2,26,28,29). The number of primary sulfonamides is 1. The number of ether oxygens (including phenoxy) is 1. The maximum atomic E-state index is 13.5. The molecule has 0 atom stereocenters. The maximum Gasteiger partial charge on any atom is 0.238 e. The minimum atomic E-state index is -3.84. The van der Waals surface area contributed by atoms with Crippen molar-refractivity contribution >= 4 is 10.0 Å². The number of aromatic nitrogens is 1. The van der Waals surface area contributed by atoms with Gasteiger partial charge in [0.2, 0.25) is 15.9 Å². The lowest BCUT2D eigenvalue weighted by Gasteiger charge is -2.14. The van der Waals surface area contributed by atoms with Crippen LogP contribution < -0.4 is 9.88 Å². The number of nitriles is 1. The molecule has 0 radical (unpaired) electrons. The summed E-state index contributed by atoms with van der Waals surface area (Å²) in [6, 6.07) is 15.4. The van der Waals surface area contributed by atoms with Crippen LogP contribution in [0.2, 0.25) is 0 Å². The first-order valence-corrected chi connectivity index (χ1v) is 10.8. The molecule has 0 unspecified atom stereocenters. The largest absolute Gasteiger partial charge is 0.472 e. The van der Waals surface area contributed by atoms with Gasteiger partial charge < -0.3 is 4.74 Å². The van der Waals surface area contributed by atoms with Crippen molar-refractivity contribution in [1.29, 1.82) is 5.26 Å². The highest BCUT2D eigenvalue weighted by atomic mass is 32.2. The Kier molecular flexibility index (Phi) is 6.49. The molecule has 0 aliphatic rings. The molecular weight excluding hydrogens is 417 g/mol. The smallest absolute Gasteiger partial charge is 0.238 e. The van der Waals surface area contributed by atoms with E-state index in [1.165, 1.54) is 24.3 Å². The van der Waals surface area contributed by atoms with Gasteiger partial charge in [0.1, 0.15) is 24.1 Å². The van der Waals surface area contributed by atoms with Gasteiger partial charge in [-0.2, -0.15) is 5.26 Å². The average molecular weight is 437 g/mol. The van der Waals surface area contributed by atoms with Gasteiger partial charge in [-0.3, -0.25) is 0 Å². The van der Waals surface area contributed by atoms with Crippen LogP contribution in [-0.4, -0.2) is 20.0 Å². The molecule has 1 aromatic heterocycles. The first-order valence-electron chi connectivity index (χ1n) is 9.29. The van der Waals surface area contributed by atoms with Crippen molar-refractivity contribution in [3.8, 4) is 34.3 Å². The third-order valence-electron chi connectivity index (χ3n) is 4.43. The third-order valence-corrected chi connectivity index (χ3v) is 5.36. The van der Waals surface area contributed by atoms with Crippen LogP contribution in [0.25, 0.3) is 22.4 Å². The summed E-state index contributed by atoms with van der Waals surface area (Å²) < 4.78 is 42.3. The van der Waals surface area contributed by atoms with E-state index in [1.807, 2.05) is 19.9 Å². The molecule has 31 heavy (non-hydrogen) atoms. The zero-order valence-electron chi connectivity index (χ0n) is 17.0. The number of nitrogens with zero attached hydrogens (tertiary/aromatic N) is 2. The van der Waals surface area contributed by atoms with E-state index in [1.54, 1.807) is 30.3 Å². The van der Waals surface area contributed by atoms with Crippen LogP contribution in [0.15, 0.2) is 71.1 Å². The molecule has 3 aromatic rings. The second-order valence-electron chi connectivity index (χ2n) is 7.02. The molecule has 0 fully saturated rings. The lowest BCUT2D eigenvalue weighted by atomic mass is 9.98. The van der Waals surface area contributed by atoms with Gasteiger partial charge in [0.05, 0.1) is 10.6 Å². The molecule has 3 rings (SSSR count). The Morgan fingerprint density at radius 1 is 1.13 bits per heavy atom. The molecule has 0 aliphatic carbocycles. The number of allylic oxidation sites excluding steroid dienone is 1. The highest BCUT2D eigenvalue weighted by molar-refractivity contribution is 7.89. The van der Waals surface area contributed by atoms with Crippen LogP contribution >= 0.6 is 0 Å². The Morgan fingerprint density at radius 2 is 1.74 bits per heavy atom. The Morgan fingerprint density at radius 3 is 2.29 bits per heavy atom.